The van der Waals surface area contributed by atoms with Crippen LogP contribution in [0.25, 0.3) is 5.52 Å². The van der Waals surface area contributed by atoms with Gasteiger partial charge in [-0.3, -0.25) is 9.48 Å². The molecule has 0 aliphatic rings. The highest BCUT2D eigenvalue weighted by molar-refractivity contribution is 6.03. The summed E-state index contributed by atoms with van der Waals surface area (Å²) in [6.45, 7) is 2.72. The number of hydrogen-bond donors (Lipinski definition) is 1. The lowest BCUT2D eigenvalue weighted by Crippen LogP contribution is -2.12. The number of nitrogens with zero attached hydrogens (tertiary/aromatic N) is 4. The number of aromatic nitrogens is 4. The normalized spacial score (nSPS) is 10.9. The third-order valence-corrected chi connectivity index (χ3v) is 3.96. The molecule has 1 amide bonds. The molecular weight excluding hydrogens is 314 g/mol. The molecule has 0 spiro atoms. The van der Waals surface area contributed by atoms with Gasteiger partial charge in [0, 0.05) is 12.4 Å². The van der Waals surface area contributed by atoms with Crippen molar-refractivity contribution in [3.8, 4) is 0 Å². The molecule has 0 unspecified atom stereocenters. The van der Waals surface area contributed by atoms with Gasteiger partial charge in [0.05, 0.1) is 23.9 Å². The summed E-state index contributed by atoms with van der Waals surface area (Å²) < 4.78 is 3.47. The van der Waals surface area contributed by atoms with Crippen molar-refractivity contribution in [2.24, 2.45) is 0 Å². The van der Waals surface area contributed by atoms with Gasteiger partial charge in [0.1, 0.15) is 0 Å². The maximum Gasteiger partial charge on any atom is 0.276 e. The molecule has 0 aliphatic heterocycles. The summed E-state index contributed by atoms with van der Waals surface area (Å²) in [4.78, 5) is 12.4. The number of aryl methyl sites for hydroxylation is 1. The zero-order valence-corrected chi connectivity index (χ0v) is 13.8. The second-order valence-corrected chi connectivity index (χ2v) is 5.97. The Bertz CT molecular complexity index is 996. The number of rotatable bonds is 4. The number of carbonyl (C=O) groups excluding carboxylic acids is 1. The van der Waals surface area contributed by atoms with E-state index in [4.69, 9.17) is 0 Å². The number of amides is 1. The molecule has 6 nitrogen and oxygen atoms in total. The first-order valence-corrected chi connectivity index (χ1v) is 8.01. The van der Waals surface area contributed by atoms with E-state index in [1.807, 2.05) is 30.6 Å². The van der Waals surface area contributed by atoms with E-state index in [0.29, 0.717) is 17.9 Å². The smallest absolute Gasteiger partial charge is 0.276 e. The first kappa shape index (κ1) is 15.1. The summed E-state index contributed by atoms with van der Waals surface area (Å²) in [5, 5.41) is 11.4. The second kappa shape index (κ2) is 6.24. The maximum atomic E-state index is 12.4. The number of nitrogens with one attached hydrogen (secondary N) is 1. The summed E-state index contributed by atoms with van der Waals surface area (Å²) in [5.74, 6) is -0.251. The Morgan fingerprint density at radius 3 is 2.80 bits per heavy atom. The zero-order valence-electron chi connectivity index (χ0n) is 13.8. The average Bonchev–Trinajstić information content (AvgIpc) is 3.23. The molecule has 0 bridgehead atoms. The molecule has 4 rings (SSSR count). The van der Waals surface area contributed by atoms with Crippen molar-refractivity contribution in [1.82, 2.24) is 19.4 Å². The van der Waals surface area contributed by atoms with Gasteiger partial charge in [-0.25, -0.2) is 4.52 Å². The Labute approximate surface area is 144 Å². The summed E-state index contributed by atoms with van der Waals surface area (Å²) in [6, 6.07) is 15.7. The van der Waals surface area contributed by atoms with Gasteiger partial charge < -0.3 is 5.32 Å². The van der Waals surface area contributed by atoms with E-state index in [0.717, 1.165) is 11.1 Å². The van der Waals surface area contributed by atoms with E-state index in [2.05, 4.69) is 46.7 Å². The largest absolute Gasteiger partial charge is 0.318 e. The van der Waals surface area contributed by atoms with Gasteiger partial charge >= 0.3 is 0 Å². The molecule has 0 saturated heterocycles. The fourth-order valence-electron chi connectivity index (χ4n) is 2.64. The van der Waals surface area contributed by atoms with Crippen molar-refractivity contribution in [2.45, 2.75) is 13.5 Å². The summed E-state index contributed by atoms with van der Waals surface area (Å²) >= 11 is 0. The van der Waals surface area contributed by atoms with Crippen molar-refractivity contribution < 1.29 is 4.79 Å². The van der Waals surface area contributed by atoms with Crippen molar-refractivity contribution in [1.29, 1.82) is 0 Å². The fraction of sp³-hybridized carbons (Fsp3) is 0.105. The molecule has 6 heteroatoms. The molecule has 0 atom stereocenters. The number of benzene rings is 1. The number of anilines is 1. The number of fused-ring (bicyclic) bond motifs is 1. The standard InChI is InChI=1S/C19H17N5O/c1-14-5-7-15(8-6-14)12-23-13-16(11-20-23)21-19(25)18-10-17-4-2-3-9-24(17)22-18/h2-11,13H,12H2,1H3,(H,21,25). The van der Waals surface area contributed by atoms with Crippen LogP contribution < -0.4 is 5.32 Å². The van der Waals surface area contributed by atoms with Crippen LogP contribution in [0, 0.1) is 6.92 Å². The molecule has 4 aromatic rings. The minimum absolute atomic E-state index is 0.251. The van der Waals surface area contributed by atoms with E-state index in [-0.39, 0.29) is 5.91 Å². The average molecular weight is 331 g/mol. The molecule has 25 heavy (non-hydrogen) atoms. The topological polar surface area (TPSA) is 64.2 Å². The maximum absolute atomic E-state index is 12.4. The molecule has 3 heterocycles. The quantitative estimate of drug-likeness (QED) is 0.625. The highest BCUT2D eigenvalue weighted by Gasteiger charge is 2.12. The Kier molecular flexibility index (Phi) is 3.78. The fourth-order valence-corrected chi connectivity index (χ4v) is 2.64. The Morgan fingerprint density at radius 2 is 2.00 bits per heavy atom. The van der Waals surface area contributed by atoms with E-state index < -0.39 is 0 Å². The molecule has 3 aromatic heterocycles. The predicted octanol–water partition coefficient (Wildman–Crippen LogP) is 3.14. The minimum atomic E-state index is -0.251. The van der Waals surface area contributed by atoms with Crippen LogP contribution in [0.1, 0.15) is 21.6 Å². The van der Waals surface area contributed by atoms with Gasteiger partial charge in [-0.15, -0.1) is 0 Å². The van der Waals surface area contributed by atoms with E-state index in [1.165, 1.54) is 5.56 Å². The van der Waals surface area contributed by atoms with Crippen molar-refractivity contribution in [3.63, 3.8) is 0 Å². The SMILES string of the molecule is Cc1ccc(Cn2cc(NC(=O)c3cc4ccccn4n3)cn2)cc1. The van der Waals surface area contributed by atoms with Crippen LogP contribution in [0.2, 0.25) is 0 Å². The van der Waals surface area contributed by atoms with Crippen molar-refractivity contribution >= 4 is 17.1 Å². The predicted molar refractivity (Wildman–Crippen MR) is 95.7 cm³/mol. The van der Waals surface area contributed by atoms with Gasteiger partial charge in [-0.2, -0.15) is 10.2 Å². The van der Waals surface area contributed by atoms with Gasteiger partial charge in [0.25, 0.3) is 5.91 Å². The molecule has 124 valence electrons. The molecule has 0 fully saturated rings. The van der Waals surface area contributed by atoms with E-state index in [9.17, 15) is 4.79 Å². The van der Waals surface area contributed by atoms with Crippen LogP contribution in [0.4, 0.5) is 5.69 Å². The molecule has 0 aliphatic carbocycles. The van der Waals surface area contributed by atoms with Crippen LogP contribution in [-0.2, 0) is 6.54 Å². The third-order valence-electron chi connectivity index (χ3n) is 3.96. The van der Waals surface area contributed by atoms with Gasteiger partial charge in [-0.05, 0) is 30.7 Å². The highest BCUT2D eigenvalue weighted by Crippen LogP contribution is 2.12. The van der Waals surface area contributed by atoms with E-state index >= 15 is 0 Å². The summed E-state index contributed by atoms with van der Waals surface area (Å²) in [6.07, 6.45) is 5.27. The first-order valence-electron chi connectivity index (χ1n) is 8.01. The summed E-state index contributed by atoms with van der Waals surface area (Å²) in [5.41, 5.74) is 4.28. The molecule has 0 saturated carbocycles. The Balaban J connectivity index is 1.46. The number of carbonyl (C=O) groups is 1. The van der Waals surface area contributed by atoms with Crippen molar-refractivity contribution in [2.75, 3.05) is 5.32 Å². The van der Waals surface area contributed by atoms with Crippen LogP contribution >= 0.6 is 0 Å². The van der Waals surface area contributed by atoms with Crippen LogP contribution in [0.15, 0.2) is 67.1 Å². The molecule has 1 aromatic carbocycles. The minimum Gasteiger partial charge on any atom is -0.318 e. The van der Waals surface area contributed by atoms with Crippen LogP contribution in [-0.4, -0.2) is 25.3 Å². The van der Waals surface area contributed by atoms with Gasteiger partial charge in [-0.1, -0.05) is 35.9 Å². The van der Waals surface area contributed by atoms with Crippen LogP contribution in [0.3, 0.4) is 0 Å². The molecular formula is C19H17N5O. The third kappa shape index (κ3) is 3.28. The lowest BCUT2D eigenvalue weighted by molar-refractivity contribution is 0.102. The second-order valence-electron chi connectivity index (χ2n) is 5.97. The molecule has 1 N–H and O–H groups in total. The lowest BCUT2D eigenvalue weighted by atomic mass is 10.1. The Hall–Kier alpha value is -3.41. The lowest BCUT2D eigenvalue weighted by Gasteiger charge is -2.02. The summed E-state index contributed by atoms with van der Waals surface area (Å²) in [7, 11) is 0. The highest BCUT2D eigenvalue weighted by atomic mass is 16.2. The number of pyridine rings is 1. The van der Waals surface area contributed by atoms with Gasteiger partial charge in [0.2, 0.25) is 0 Å². The molecule has 0 radical (unpaired) electrons. The zero-order chi connectivity index (χ0) is 17.2. The first-order chi connectivity index (χ1) is 12.2. The van der Waals surface area contributed by atoms with Crippen LogP contribution in [0.5, 0.6) is 0 Å². The van der Waals surface area contributed by atoms with Crippen molar-refractivity contribution in [3.05, 3.63) is 83.9 Å². The number of hydrogen-bond acceptors (Lipinski definition) is 3. The monoisotopic (exact) mass is 331 g/mol. The Morgan fingerprint density at radius 1 is 1.16 bits per heavy atom. The van der Waals surface area contributed by atoms with E-state index in [1.54, 1.807) is 21.5 Å². The van der Waals surface area contributed by atoms with Gasteiger partial charge in [0.15, 0.2) is 5.69 Å².